The summed E-state index contributed by atoms with van der Waals surface area (Å²) < 4.78 is 16.8. The van der Waals surface area contributed by atoms with E-state index in [1.165, 1.54) is 69.9 Å². The molecule has 0 amide bonds. The number of rotatable bonds is 19. The van der Waals surface area contributed by atoms with E-state index >= 15 is 0 Å². The first kappa shape index (κ1) is 30.8. The van der Waals surface area contributed by atoms with Crippen LogP contribution in [0.4, 0.5) is 0 Å². The molecule has 0 aliphatic carbocycles. The van der Waals surface area contributed by atoms with Crippen molar-refractivity contribution in [2.75, 3.05) is 21.3 Å². The van der Waals surface area contributed by atoms with Crippen LogP contribution >= 0.6 is 0 Å². The monoisotopic (exact) mass is 510 g/mol. The lowest BCUT2D eigenvalue weighted by atomic mass is 10.1. The highest BCUT2D eigenvalue weighted by molar-refractivity contribution is 6.91. The van der Waals surface area contributed by atoms with Crippen molar-refractivity contribution in [2.45, 2.75) is 115 Å². The molecule has 0 unspecified atom stereocenters. The summed E-state index contributed by atoms with van der Waals surface area (Å²) >= 11 is 0. The second kappa shape index (κ2) is 15.7. The molecule has 6 heteroatoms. The molecule has 0 fully saturated rings. The van der Waals surface area contributed by atoms with E-state index in [0.29, 0.717) is 0 Å². The standard InChI is InChI=1S/C27H54O3Si3/c1-9-10-11-12-13-14-15-16-17-23-31(5,6)26-19-21-27(22-20-26)32(7,8)24-18-25-33(28-2,29-3)30-4/h19-22H,9-18,23-25H2,1-8H3. The fourth-order valence-corrected chi connectivity index (χ4v) is 11.8. The lowest BCUT2D eigenvalue weighted by Crippen LogP contribution is -2.46. The molecule has 0 saturated carbocycles. The Balaban J connectivity index is 2.49. The average Bonchev–Trinajstić information content (AvgIpc) is 2.81. The van der Waals surface area contributed by atoms with Crippen LogP contribution in [-0.4, -0.2) is 46.3 Å². The quantitative estimate of drug-likeness (QED) is 0.144. The minimum atomic E-state index is -2.45. The summed E-state index contributed by atoms with van der Waals surface area (Å²) in [5.74, 6) is 0. The minimum Gasteiger partial charge on any atom is -0.377 e. The highest BCUT2D eigenvalue weighted by Gasteiger charge is 2.38. The van der Waals surface area contributed by atoms with Crippen LogP contribution in [0.3, 0.4) is 0 Å². The molecule has 0 saturated heterocycles. The lowest BCUT2D eigenvalue weighted by Gasteiger charge is -2.28. The van der Waals surface area contributed by atoms with Gasteiger partial charge in [-0.15, -0.1) is 0 Å². The van der Waals surface area contributed by atoms with Crippen molar-refractivity contribution in [1.29, 1.82) is 0 Å². The van der Waals surface area contributed by atoms with Crippen molar-refractivity contribution in [3.8, 4) is 0 Å². The molecule has 3 nitrogen and oxygen atoms in total. The summed E-state index contributed by atoms with van der Waals surface area (Å²) in [5, 5.41) is 3.19. The molecule has 33 heavy (non-hydrogen) atoms. The van der Waals surface area contributed by atoms with E-state index in [0.717, 1.165) is 12.5 Å². The number of hydrogen-bond acceptors (Lipinski definition) is 3. The molecule has 0 radical (unpaired) electrons. The van der Waals surface area contributed by atoms with Crippen LogP contribution in [-0.2, 0) is 13.3 Å². The zero-order valence-electron chi connectivity index (χ0n) is 23.2. The van der Waals surface area contributed by atoms with Crippen molar-refractivity contribution in [1.82, 2.24) is 0 Å². The zero-order chi connectivity index (χ0) is 24.8. The summed E-state index contributed by atoms with van der Waals surface area (Å²) in [6.07, 6.45) is 13.8. The molecule has 192 valence electrons. The third-order valence-electron chi connectivity index (χ3n) is 7.57. The third kappa shape index (κ3) is 10.9. The van der Waals surface area contributed by atoms with Gasteiger partial charge >= 0.3 is 8.80 Å². The van der Waals surface area contributed by atoms with Crippen LogP contribution in [0.1, 0.15) is 71.1 Å². The first-order valence-electron chi connectivity index (χ1n) is 13.4. The van der Waals surface area contributed by atoms with Gasteiger partial charge in [-0.25, -0.2) is 0 Å². The molecule has 0 heterocycles. The lowest BCUT2D eigenvalue weighted by molar-refractivity contribution is 0.123. The second-order valence-electron chi connectivity index (χ2n) is 11.1. The molecule has 0 aromatic heterocycles. The van der Waals surface area contributed by atoms with Crippen LogP contribution in [0.5, 0.6) is 0 Å². The average molecular weight is 511 g/mol. The summed E-state index contributed by atoms with van der Waals surface area (Å²) in [5.41, 5.74) is 0. The van der Waals surface area contributed by atoms with Gasteiger partial charge in [0.25, 0.3) is 0 Å². The molecule has 1 aromatic rings. The van der Waals surface area contributed by atoms with Gasteiger partial charge < -0.3 is 13.3 Å². The van der Waals surface area contributed by atoms with Gasteiger partial charge in [-0.1, -0.05) is 144 Å². The Morgan fingerprint density at radius 2 is 0.879 bits per heavy atom. The Bertz CT molecular complexity index is 620. The third-order valence-corrected chi connectivity index (χ3v) is 17.4. The Morgan fingerprint density at radius 3 is 1.27 bits per heavy atom. The number of hydrogen-bond donors (Lipinski definition) is 0. The second-order valence-corrected chi connectivity index (χ2v) is 23.9. The van der Waals surface area contributed by atoms with Crippen molar-refractivity contribution < 1.29 is 13.3 Å². The van der Waals surface area contributed by atoms with Crippen molar-refractivity contribution in [3.63, 3.8) is 0 Å². The van der Waals surface area contributed by atoms with Gasteiger partial charge in [0.1, 0.15) is 0 Å². The molecule has 0 bridgehead atoms. The largest absolute Gasteiger partial charge is 0.500 e. The van der Waals surface area contributed by atoms with Gasteiger partial charge in [-0.05, 0) is 0 Å². The molecular weight excluding hydrogens is 457 g/mol. The van der Waals surface area contributed by atoms with Gasteiger partial charge in [0.2, 0.25) is 0 Å². The van der Waals surface area contributed by atoms with Crippen LogP contribution in [0.25, 0.3) is 0 Å². The Hall–Kier alpha value is -0.249. The predicted molar refractivity (Wildman–Crippen MR) is 154 cm³/mol. The number of unbranched alkanes of at least 4 members (excludes halogenated alkanes) is 8. The van der Waals surface area contributed by atoms with Crippen LogP contribution in [0.15, 0.2) is 24.3 Å². The smallest absolute Gasteiger partial charge is 0.377 e. The van der Waals surface area contributed by atoms with E-state index in [9.17, 15) is 0 Å². The Labute approximate surface area is 209 Å². The van der Waals surface area contributed by atoms with Crippen LogP contribution in [0, 0.1) is 0 Å². The first-order chi connectivity index (χ1) is 15.7. The van der Waals surface area contributed by atoms with E-state index < -0.39 is 25.0 Å². The molecule has 1 rings (SSSR count). The summed E-state index contributed by atoms with van der Waals surface area (Å²) in [4.78, 5) is 0. The summed E-state index contributed by atoms with van der Waals surface area (Å²) in [6, 6.07) is 13.4. The maximum absolute atomic E-state index is 5.60. The highest BCUT2D eigenvalue weighted by Crippen LogP contribution is 2.22. The Morgan fingerprint density at radius 1 is 0.515 bits per heavy atom. The minimum absolute atomic E-state index is 0.893. The summed E-state index contributed by atoms with van der Waals surface area (Å²) in [7, 11) is -0.149. The highest BCUT2D eigenvalue weighted by atomic mass is 28.4. The van der Waals surface area contributed by atoms with Crippen molar-refractivity contribution in [2.24, 2.45) is 0 Å². The normalized spacial score (nSPS) is 13.0. The molecule has 1 aromatic carbocycles. The van der Waals surface area contributed by atoms with E-state index in [4.69, 9.17) is 13.3 Å². The topological polar surface area (TPSA) is 27.7 Å². The van der Waals surface area contributed by atoms with Crippen LogP contribution in [0.2, 0.25) is 44.3 Å². The van der Waals surface area contributed by atoms with Gasteiger partial charge in [0.05, 0.1) is 16.1 Å². The summed E-state index contributed by atoms with van der Waals surface area (Å²) in [6.45, 7) is 12.4. The van der Waals surface area contributed by atoms with Crippen molar-refractivity contribution in [3.05, 3.63) is 24.3 Å². The maximum atomic E-state index is 5.60. The maximum Gasteiger partial charge on any atom is 0.500 e. The fourth-order valence-electron chi connectivity index (χ4n) is 4.84. The predicted octanol–water partition coefficient (Wildman–Crippen LogP) is 7.32. The van der Waals surface area contributed by atoms with Gasteiger partial charge in [-0.2, -0.15) is 0 Å². The SMILES string of the molecule is CCCCCCCCCCC[Si](C)(C)c1ccc([Si](C)(C)CCC[Si](OC)(OC)OC)cc1. The van der Waals surface area contributed by atoms with E-state index in [1.807, 2.05) is 0 Å². The van der Waals surface area contributed by atoms with Gasteiger partial charge in [0.15, 0.2) is 0 Å². The molecule has 0 spiro atoms. The van der Waals surface area contributed by atoms with E-state index in [1.54, 1.807) is 31.7 Å². The molecular formula is C27H54O3Si3. The number of benzene rings is 1. The van der Waals surface area contributed by atoms with Gasteiger partial charge in [-0.3, -0.25) is 0 Å². The van der Waals surface area contributed by atoms with Crippen molar-refractivity contribution >= 4 is 35.3 Å². The Kier molecular flexibility index (Phi) is 14.6. The van der Waals surface area contributed by atoms with Gasteiger partial charge in [0, 0.05) is 27.4 Å². The van der Waals surface area contributed by atoms with E-state index in [2.05, 4.69) is 57.4 Å². The fraction of sp³-hybridized carbons (Fsp3) is 0.778. The van der Waals surface area contributed by atoms with E-state index in [-0.39, 0.29) is 0 Å². The molecule has 0 aliphatic rings. The first-order valence-corrected chi connectivity index (χ1v) is 21.8. The molecule has 0 N–H and O–H groups in total. The zero-order valence-corrected chi connectivity index (χ0v) is 26.2. The molecule has 0 aliphatic heterocycles. The van der Waals surface area contributed by atoms with Crippen LogP contribution < -0.4 is 10.4 Å². The molecule has 0 atom stereocenters.